The summed E-state index contributed by atoms with van der Waals surface area (Å²) in [6, 6.07) is 15.8. The van der Waals surface area contributed by atoms with E-state index in [1.165, 1.54) is 12.1 Å². The smallest absolute Gasteiger partial charge is 0.251 e. The summed E-state index contributed by atoms with van der Waals surface area (Å²) in [4.78, 5) is 0.376. The summed E-state index contributed by atoms with van der Waals surface area (Å²) in [6.07, 6.45) is -4.91. The molecule has 0 atom stereocenters. The average Bonchev–Trinajstić information content (AvgIpc) is 3.15. The lowest BCUT2D eigenvalue weighted by molar-refractivity contribution is -0.140. The minimum Gasteiger partial charge on any atom is -0.251 e. The number of thiol groups is 1. The van der Waals surface area contributed by atoms with Gasteiger partial charge < -0.3 is 0 Å². The van der Waals surface area contributed by atoms with Crippen molar-refractivity contribution in [1.29, 1.82) is 0 Å². The molecule has 0 spiro atoms. The van der Waals surface area contributed by atoms with Gasteiger partial charge in [0.1, 0.15) is 10.8 Å². The zero-order chi connectivity index (χ0) is 26.0. The van der Waals surface area contributed by atoms with Gasteiger partial charge in [-0.2, -0.15) is 13.2 Å². The number of hydrogen-bond acceptors (Lipinski definition) is 4. The molecule has 10 heteroatoms. The van der Waals surface area contributed by atoms with Gasteiger partial charge >= 0.3 is 6.18 Å². The van der Waals surface area contributed by atoms with Crippen LogP contribution >= 0.6 is 24.0 Å². The predicted octanol–water partition coefficient (Wildman–Crippen LogP) is 8.08. The highest BCUT2D eigenvalue weighted by Crippen LogP contribution is 2.43. The molecule has 1 aromatic heterocycles. The van der Waals surface area contributed by atoms with Crippen molar-refractivity contribution >= 4 is 49.1 Å². The molecule has 1 heterocycles. The van der Waals surface area contributed by atoms with Gasteiger partial charge in [0.2, 0.25) is 0 Å². The van der Waals surface area contributed by atoms with Gasteiger partial charge in [-0.1, -0.05) is 55.8 Å². The van der Waals surface area contributed by atoms with Crippen molar-refractivity contribution in [1.82, 2.24) is 0 Å². The zero-order valence-corrected chi connectivity index (χ0v) is 21.6. The largest absolute Gasteiger partial charge is 0.419 e. The molecule has 0 saturated heterocycles. The molecule has 0 aliphatic carbocycles. The van der Waals surface area contributed by atoms with Crippen LogP contribution in [0.3, 0.4) is 0 Å². The topological polar surface area (TPSA) is 37.4 Å². The monoisotopic (exact) mass is 541 g/mol. The number of alkyl halides is 3. The second-order valence-corrected chi connectivity index (χ2v) is 10.7. The van der Waals surface area contributed by atoms with Crippen molar-refractivity contribution in [3.05, 3.63) is 89.2 Å². The second-order valence-electron chi connectivity index (χ2n) is 7.39. The first-order valence-corrected chi connectivity index (χ1v) is 13.3. The first-order chi connectivity index (χ1) is 16.5. The zero-order valence-electron chi connectivity index (χ0n) is 19.1. The maximum absolute atomic E-state index is 13.8. The fourth-order valence-corrected chi connectivity index (χ4v) is 6.72. The molecule has 0 saturated carbocycles. The molecule has 0 radical (unpaired) electrons. The van der Waals surface area contributed by atoms with Crippen molar-refractivity contribution in [3.63, 3.8) is 0 Å². The van der Waals surface area contributed by atoms with Gasteiger partial charge in [0.15, 0.2) is 0 Å². The molecule has 0 amide bonds. The average molecular weight is 542 g/mol. The minimum atomic E-state index is -4.91. The van der Waals surface area contributed by atoms with Crippen LogP contribution in [-0.4, -0.2) is 8.42 Å². The molecule has 0 unspecified atom stereocenters. The number of fused-ring (bicyclic) bond motifs is 1. The number of hydrogen-bond donors (Lipinski definition) is 1. The Morgan fingerprint density at radius 2 is 1.60 bits per heavy atom. The summed E-state index contributed by atoms with van der Waals surface area (Å²) >= 11 is 5.69. The van der Waals surface area contributed by atoms with Gasteiger partial charge in [-0.3, -0.25) is 4.31 Å². The standard InChI is InChI=1S/C23H17F4NO2S3.C2H6/c1-14-6-9-16(10-7-14)33(29,30)28(22-21(31)17-4-2-3-5-20(17)32-22)13-15-8-11-19(24)18(12-15)23(25,26)27;1-2/h2-12,31H,13H2,1H3;1-2H3. The summed E-state index contributed by atoms with van der Waals surface area (Å²) in [7, 11) is -4.18. The van der Waals surface area contributed by atoms with Crippen molar-refractivity contribution in [2.24, 2.45) is 0 Å². The molecule has 0 aliphatic heterocycles. The molecule has 4 rings (SSSR count). The van der Waals surface area contributed by atoms with Gasteiger partial charge in [0, 0.05) is 15.0 Å². The molecule has 186 valence electrons. The third-order valence-electron chi connectivity index (χ3n) is 5.05. The Kier molecular flexibility index (Phi) is 8.18. The van der Waals surface area contributed by atoms with Crippen molar-refractivity contribution in [3.8, 4) is 0 Å². The molecular weight excluding hydrogens is 518 g/mol. The molecular formula is C25H23F4NO2S3. The number of thiophene rings is 1. The first kappa shape index (κ1) is 27.0. The Labute approximate surface area is 211 Å². The molecule has 4 aromatic rings. The number of sulfonamides is 1. The lowest BCUT2D eigenvalue weighted by Crippen LogP contribution is -2.30. The Morgan fingerprint density at radius 3 is 2.20 bits per heavy atom. The minimum absolute atomic E-state index is 0.00963. The summed E-state index contributed by atoms with van der Waals surface area (Å²) in [5.41, 5.74) is -0.606. The summed E-state index contributed by atoms with van der Waals surface area (Å²) in [6.45, 7) is 5.38. The normalized spacial score (nSPS) is 11.8. The Balaban J connectivity index is 0.00000167. The number of aryl methyl sites for hydroxylation is 1. The van der Waals surface area contributed by atoms with E-state index in [0.29, 0.717) is 17.0 Å². The van der Waals surface area contributed by atoms with Gasteiger partial charge in [-0.15, -0.1) is 24.0 Å². The molecule has 3 aromatic carbocycles. The number of halogens is 4. The summed E-state index contributed by atoms with van der Waals surface area (Å²) < 4.78 is 82.6. The number of anilines is 1. The third-order valence-corrected chi connectivity index (χ3v) is 8.72. The van der Waals surface area contributed by atoms with E-state index >= 15 is 0 Å². The fourth-order valence-electron chi connectivity index (χ4n) is 3.35. The highest BCUT2D eigenvalue weighted by Gasteiger charge is 2.35. The summed E-state index contributed by atoms with van der Waals surface area (Å²) in [5, 5.41) is 0.984. The quantitative estimate of drug-likeness (QED) is 0.205. The van der Waals surface area contributed by atoms with E-state index in [4.69, 9.17) is 0 Å². The fraction of sp³-hybridized carbons (Fsp3) is 0.200. The second kappa shape index (κ2) is 10.6. The van der Waals surface area contributed by atoms with Crippen LogP contribution in [0.25, 0.3) is 10.1 Å². The highest BCUT2D eigenvalue weighted by atomic mass is 32.2. The maximum Gasteiger partial charge on any atom is 0.419 e. The van der Waals surface area contributed by atoms with Crippen LogP contribution in [0.15, 0.2) is 76.5 Å². The van der Waals surface area contributed by atoms with E-state index in [1.54, 1.807) is 36.4 Å². The lowest BCUT2D eigenvalue weighted by Gasteiger charge is -2.24. The molecule has 35 heavy (non-hydrogen) atoms. The maximum atomic E-state index is 13.8. The Morgan fingerprint density at radius 1 is 0.971 bits per heavy atom. The van der Waals surface area contributed by atoms with Gasteiger partial charge in [0.25, 0.3) is 10.0 Å². The van der Waals surface area contributed by atoms with E-state index in [-0.39, 0.29) is 15.5 Å². The Bertz CT molecular complexity index is 1430. The van der Waals surface area contributed by atoms with Crippen LogP contribution < -0.4 is 4.31 Å². The van der Waals surface area contributed by atoms with Crippen LogP contribution in [0.2, 0.25) is 0 Å². The van der Waals surface area contributed by atoms with Crippen LogP contribution in [0.4, 0.5) is 22.6 Å². The third kappa shape index (κ3) is 5.65. The molecule has 0 N–H and O–H groups in total. The van der Waals surface area contributed by atoms with Crippen molar-refractivity contribution in [2.75, 3.05) is 4.31 Å². The van der Waals surface area contributed by atoms with E-state index in [2.05, 4.69) is 12.6 Å². The van der Waals surface area contributed by atoms with E-state index in [0.717, 1.165) is 37.4 Å². The van der Waals surface area contributed by atoms with E-state index in [1.807, 2.05) is 20.8 Å². The van der Waals surface area contributed by atoms with E-state index in [9.17, 15) is 26.0 Å². The molecule has 0 fully saturated rings. The summed E-state index contributed by atoms with van der Waals surface area (Å²) in [5.74, 6) is -1.42. The SMILES string of the molecule is CC.Cc1ccc(S(=O)(=O)N(Cc2ccc(F)c(C(F)(F)F)c2)c2sc3ccccc3c2S)cc1. The van der Waals surface area contributed by atoms with Crippen molar-refractivity contribution in [2.45, 2.75) is 43.3 Å². The molecule has 3 nitrogen and oxygen atoms in total. The van der Waals surface area contributed by atoms with Gasteiger partial charge in [0.05, 0.1) is 17.0 Å². The first-order valence-electron chi connectivity index (χ1n) is 10.6. The van der Waals surface area contributed by atoms with Crippen LogP contribution in [0.1, 0.15) is 30.5 Å². The highest BCUT2D eigenvalue weighted by molar-refractivity contribution is 7.93. The lowest BCUT2D eigenvalue weighted by atomic mass is 10.1. The van der Waals surface area contributed by atoms with Crippen LogP contribution in [0.5, 0.6) is 0 Å². The number of rotatable bonds is 5. The van der Waals surface area contributed by atoms with E-state index < -0.39 is 34.1 Å². The number of benzene rings is 3. The van der Waals surface area contributed by atoms with Crippen molar-refractivity contribution < 1.29 is 26.0 Å². The van der Waals surface area contributed by atoms with Crippen LogP contribution in [0, 0.1) is 12.7 Å². The Hall–Kier alpha value is -2.56. The van der Waals surface area contributed by atoms with Gasteiger partial charge in [-0.25, -0.2) is 12.8 Å². The number of nitrogens with zero attached hydrogens (tertiary/aromatic N) is 1. The predicted molar refractivity (Wildman–Crippen MR) is 136 cm³/mol. The van der Waals surface area contributed by atoms with Gasteiger partial charge in [-0.05, 0) is 42.8 Å². The molecule has 0 aliphatic rings. The van der Waals surface area contributed by atoms with Crippen LogP contribution in [-0.2, 0) is 22.7 Å². The molecule has 0 bridgehead atoms.